The number of hydrogen-bond donors (Lipinski definition) is 1. The van der Waals surface area contributed by atoms with E-state index in [0.717, 1.165) is 46.1 Å². The van der Waals surface area contributed by atoms with E-state index in [9.17, 15) is 9.18 Å². The Labute approximate surface area is 254 Å². The standard InChI is InChI=1S/C31H44FN5O4Si2/c1-39-28-16-27-21(17-33-37(27)20-41-11-13-43(5,6)7)14-23(28)25-18-36(19-40-10-12-42(2,3)4)30-22(25)8-9-29(34-30)35-31(38)24-15-26(24)32/h8-9,14,16-18,24,26H,10-13,15,19-20H2,1-7H3,(H,34,35,38)/t24-,26+/m0/s1. The number of benzene rings is 1. The fourth-order valence-corrected chi connectivity index (χ4v) is 6.37. The molecule has 12 heteroatoms. The van der Waals surface area contributed by atoms with E-state index in [1.807, 2.05) is 33.8 Å². The molecule has 0 radical (unpaired) electrons. The second-order valence-corrected chi connectivity index (χ2v) is 25.1. The van der Waals surface area contributed by atoms with Crippen molar-refractivity contribution in [2.24, 2.45) is 5.92 Å². The summed E-state index contributed by atoms with van der Waals surface area (Å²) in [5, 5.41) is 9.23. The van der Waals surface area contributed by atoms with Gasteiger partial charge in [-0.25, -0.2) is 14.1 Å². The minimum absolute atomic E-state index is 0.267. The molecule has 0 aliphatic heterocycles. The van der Waals surface area contributed by atoms with Gasteiger partial charge in [-0.3, -0.25) is 4.79 Å². The predicted octanol–water partition coefficient (Wildman–Crippen LogP) is 6.98. The number of nitrogens with zero attached hydrogens (tertiary/aromatic N) is 4. The number of anilines is 1. The first-order valence-electron chi connectivity index (χ1n) is 15.0. The van der Waals surface area contributed by atoms with Crippen LogP contribution in [0.25, 0.3) is 33.1 Å². The first-order chi connectivity index (χ1) is 20.3. The third kappa shape index (κ3) is 7.72. The van der Waals surface area contributed by atoms with Crippen LogP contribution in [0.2, 0.25) is 51.4 Å². The quantitative estimate of drug-likeness (QED) is 0.120. The van der Waals surface area contributed by atoms with Gasteiger partial charge in [0.1, 0.15) is 36.8 Å². The van der Waals surface area contributed by atoms with E-state index in [0.29, 0.717) is 37.3 Å². The minimum atomic E-state index is -1.25. The van der Waals surface area contributed by atoms with Crippen molar-refractivity contribution in [2.45, 2.75) is 77.4 Å². The van der Waals surface area contributed by atoms with Crippen molar-refractivity contribution in [2.75, 3.05) is 25.6 Å². The molecule has 1 fully saturated rings. The van der Waals surface area contributed by atoms with Crippen molar-refractivity contribution in [3.63, 3.8) is 0 Å². The Bertz CT molecular complexity index is 1610. The number of carbonyl (C=O) groups is 1. The van der Waals surface area contributed by atoms with Crippen LogP contribution in [0.3, 0.4) is 0 Å². The number of nitrogens with one attached hydrogen (secondary N) is 1. The van der Waals surface area contributed by atoms with E-state index in [2.05, 4.69) is 55.8 Å². The highest BCUT2D eigenvalue weighted by molar-refractivity contribution is 6.76. The average molecular weight is 626 g/mol. The van der Waals surface area contributed by atoms with Crippen LogP contribution >= 0.6 is 0 Å². The monoisotopic (exact) mass is 625 g/mol. The maximum Gasteiger partial charge on any atom is 0.231 e. The smallest absolute Gasteiger partial charge is 0.231 e. The number of carbonyl (C=O) groups excluding carboxylic acids is 1. The number of amides is 1. The number of pyridine rings is 1. The number of rotatable bonds is 14. The number of alkyl halides is 1. The molecule has 3 heterocycles. The summed E-state index contributed by atoms with van der Waals surface area (Å²) in [7, 11) is -0.761. The summed E-state index contributed by atoms with van der Waals surface area (Å²) < 4.78 is 35.2. The maximum atomic E-state index is 13.5. The summed E-state index contributed by atoms with van der Waals surface area (Å²) in [5.41, 5.74) is 3.43. The van der Waals surface area contributed by atoms with E-state index < -0.39 is 28.2 Å². The maximum absolute atomic E-state index is 13.5. The molecular formula is C31H44FN5O4Si2. The normalized spacial score (nSPS) is 17.1. The van der Waals surface area contributed by atoms with Gasteiger partial charge in [-0.05, 0) is 36.7 Å². The zero-order valence-corrected chi connectivity index (χ0v) is 28.4. The summed E-state index contributed by atoms with van der Waals surface area (Å²) in [6, 6.07) is 9.92. The molecule has 1 amide bonds. The zero-order valence-electron chi connectivity index (χ0n) is 26.4. The van der Waals surface area contributed by atoms with E-state index in [1.165, 1.54) is 0 Å². The number of aromatic nitrogens is 4. The molecule has 3 aromatic heterocycles. The Morgan fingerprint density at radius 3 is 2.33 bits per heavy atom. The summed E-state index contributed by atoms with van der Waals surface area (Å²) in [4.78, 5) is 17.2. The molecule has 2 atom stereocenters. The third-order valence-electron chi connectivity index (χ3n) is 7.71. The van der Waals surface area contributed by atoms with Crippen LogP contribution in [0, 0.1) is 5.92 Å². The van der Waals surface area contributed by atoms with Gasteiger partial charge in [0, 0.05) is 63.5 Å². The fourth-order valence-electron chi connectivity index (χ4n) is 4.86. The number of ether oxygens (including phenoxy) is 3. The van der Waals surface area contributed by atoms with Crippen LogP contribution in [-0.4, -0.2) is 67.9 Å². The second-order valence-electron chi connectivity index (χ2n) is 13.9. The lowest BCUT2D eigenvalue weighted by molar-refractivity contribution is -0.117. The van der Waals surface area contributed by atoms with Crippen LogP contribution in [0.1, 0.15) is 6.42 Å². The number of hydrogen-bond acceptors (Lipinski definition) is 6. The van der Waals surface area contributed by atoms with E-state index in [-0.39, 0.29) is 12.3 Å². The van der Waals surface area contributed by atoms with Crippen LogP contribution < -0.4 is 10.1 Å². The molecule has 0 spiro atoms. The fraction of sp³-hybridized carbons (Fsp3) is 0.516. The number of halogens is 1. The Morgan fingerprint density at radius 2 is 1.70 bits per heavy atom. The molecule has 4 aromatic rings. The van der Waals surface area contributed by atoms with Gasteiger partial charge in [-0.2, -0.15) is 5.10 Å². The van der Waals surface area contributed by atoms with Gasteiger partial charge in [-0.15, -0.1) is 0 Å². The minimum Gasteiger partial charge on any atom is -0.496 e. The van der Waals surface area contributed by atoms with Gasteiger partial charge in [0.15, 0.2) is 0 Å². The lowest BCUT2D eigenvalue weighted by Crippen LogP contribution is -2.22. The Hall–Kier alpha value is -3.07. The zero-order chi connectivity index (χ0) is 30.9. The largest absolute Gasteiger partial charge is 0.496 e. The van der Waals surface area contributed by atoms with Crippen LogP contribution in [0.5, 0.6) is 5.75 Å². The molecule has 9 nitrogen and oxygen atoms in total. The Balaban J connectivity index is 1.46. The van der Waals surface area contributed by atoms with E-state index >= 15 is 0 Å². The van der Waals surface area contributed by atoms with Gasteiger partial charge in [0.25, 0.3) is 0 Å². The molecule has 0 bridgehead atoms. The molecule has 43 heavy (non-hydrogen) atoms. The highest BCUT2D eigenvalue weighted by Crippen LogP contribution is 2.39. The number of methoxy groups -OCH3 is 1. The topological polar surface area (TPSA) is 92.4 Å². The lowest BCUT2D eigenvalue weighted by atomic mass is 10.0. The third-order valence-corrected chi connectivity index (χ3v) is 11.1. The molecule has 1 aliphatic carbocycles. The van der Waals surface area contributed by atoms with Gasteiger partial charge in [0.05, 0.1) is 24.7 Å². The van der Waals surface area contributed by atoms with Crippen molar-refractivity contribution in [3.05, 3.63) is 36.7 Å². The average Bonchev–Trinajstić information content (AvgIpc) is 3.39. The highest BCUT2D eigenvalue weighted by Gasteiger charge is 2.43. The summed E-state index contributed by atoms with van der Waals surface area (Å²) >= 11 is 0. The first-order valence-corrected chi connectivity index (χ1v) is 22.4. The van der Waals surface area contributed by atoms with Crippen LogP contribution in [0.15, 0.2) is 36.7 Å². The second kappa shape index (κ2) is 12.5. The summed E-state index contributed by atoms with van der Waals surface area (Å²) in [5.74, 6) is 0.169. The molecule has 0 saturated heterocycles. The van der Waals surface area contributed by atoms with Crippen molar-refractivity contribution >= 4 is 49.8 Å². The predicted molar refractivity (Wildman–Crippen MR) is 175 cm³/mol. The molecule has 1 aliphatic rings. The number of fused-ring (bicyclic) bond motifs is 2. The van der Waals surface area contributed by atoms with E-state index in [4.69, 9.17) is 19.2 Å². The molecule has 1 aromatic carbocycles. The van der Waals surface area contributed by atoms with Crippen LogP contribution in [0.4, 0.5) is 10.2 Å². The molecule has 232 valence electrons. The van der Waals surface area contributed by atoms with Crippen molar-refractivity contribution in [3.8, 4) is 16.9 Å². The molecule has 5 rings (SSSR count). The molecule has 1 N–H and O–H groups in total. The summed E-state index contributed by atoms with van der Waals surface area (Å²) in [6.07, 6.45) is 3.07. The van der Waals surface area contributed by atoms with Gasteiger partial charge in [-0.1, -0.05) is 39.3 Å². The van der Waals surface area contributed by atoms with Crippen molar-refractivity contribution in [1.29, 1.82) is 0 Å². The molecule has 1 saturated carbocycles. The van der Waals surface area contributed by atoms with Crippen LogP contribution in [-0.2, 0) is 27.7 Å². The van der Waals surface area contributed by atoms with Gasteiger partial charge >= 0.3 is 0 Å². The first kappa shape index (κ1) is 31.4. The highest BCUT2D eigenvalue weighted by atomic mass is 28.3. The molecular weight excluding hydrogens is 582 g/mol. The van der Waals surface area contributed by atoms with Gasteiger partial charge < -0.3 is 24.1 Å². The van der Waals surface area contributed by atoms with Gasteiger partial charge in [0.2, 0.25) is 5.91 Å². The Kier molecular flexibility index (Phi) is 9.12. The molecule has 0 unspecified atom stereocenters. The SMILES string of the molecule is COc1cc2c(cnn2COCC[Si](C)(C)C)cc1-c1cn(COCC[Si](C)(C)C)c2nc(NC(=O)[C@H]3C[C@H]3F)ccc12. The van der Waals surface area contributed by atoms with Crippen molar-refractivity contribution in [1.82, 2.24) is 19.3 Å². The van der Waals surface area contributed by atoms with Crippen molar-refractivity contribution < 1.29 is 23.4 Å². The summed E-state index contributed by atoms with van der Waals surface area (Å²) in [6.45, 7) is 16.1. The lowest BCUT2D eigenvalue weighted by Gasteiger charge is -2.15. The van der Waals surface area contributed by atoms with E-state index in [1.54, 1.807) is 13.2 Å². The Morgan fingerprint density at radius 1 is 1.02 bits per heavy atom.